The molecule has 0 radical (unpaired) electrons. The summed E-state index contributed by atoms with van der Waals surface area (Å²) >= 11 is 4.23. The molecule has 2 N–H and O–H groups in total. The van der Waals surface area contributed by atoms with Gasteiger partial charge in [0.2, 0.25) is 0 Å². The summed E-state index contributed by atoms with van der Waals surface area (Å²) in [6.07, 6.45) is 1.94. The predicted octanol–water partition coefficient (Wildman–Crippen LogP) is 1.39. The van der Waals surface area contributed by atoms with Crippen LogP contribution in [-0.2, 0) is 0 Å². The van der Waals surface area contributed by atoms with Crippen molar-refractivity contribution in [2.75, 3.05) is 0 Å². The van der Waals surface area contributed by atoms with E-state index in [0.717, 1.165) is 5.70 Å². The third-order valence-corrected chi connectivity index (χ3v) is 2.04. The van der Waals surface area contributed by atoms with Gasteiger partial charge in [-0.15, -0.1) is 12.6 Å². The Kier molecular flexibility index (Phi) is 1.96. The molecule has 1 aromatic rings. The van der Waals surface area contributed by atoms with Gasteiger partial charge in [0.1, 0.15) is 5.50 Å². The zero-order chi connectivity index (χ0) is 8.39. The van der Waals surface area contributed by atoms with E-state index in [-0.39, 0.29) is 5.50 Å². The van der Waals surface area contributed by atoms with E-state index >= 15 is 0 Å². The molecule has 0 aromatic heterocycles. The molecule has 1 aromatic carbocycles. The highest BCUT2D eigenvalue weighted by atomic mass is 32.1. The van der Waals surface area contributed by atoms with Crippen molar-refractivity contribution in [2.45, 2.75) is 5.50 Å². The molecule has 0 saturated heterocycles. The minimum absolute atomic E-state index is 0.0419. The van der Waals surface area contributed by atoms with E-state index < -0.39 is 0 Å². The summed E-state index contributed by atoms with van der Waals surface area (Å²) in [6.45, 7) is 0. The predicted molar refractivity (Wildman–Crippen MR) is 53.5 cm³/mol. The maximum Gasteiger partial charge on any atom is 0.142 e. The molecule has 3 heteroatoms. The quantitative estimate of drug-likeness (QED) is 0.566. The van der Waals surface area contributed by atoms with Crippen molar-refractivity contribution in [3.05, 3.63) is 42.1 Å². The fraction of sp³-hybridized carbons (Fsp3) is 0.111. The van der Waals surface area contributed by atoms with Gasteiger partial charge in [-0.05, 0) is 5.56 Å². The lowest BCUT2D eigenvalue weighted by Crippen LogP contribution is -2.24. The van der Waals surface area contributed by atoms with Gasteiger partial charge >= 0.3 is 0 Å². The number of nitrogens with one attached hydrogen (secondary N) is 2. The Hall–Kier alpha value is -1.09. The van der Waals surface area contributed by atoms with Gasteiger partial charge in [0.15, 0.2) is 0 Å². The number of hydrogen-bond acceptors (Lipinski definition) is 3. The molecule has 12 heavy (non-hydrogen) atoms. The lowest BCUT2D eigenvalue weighted by Gasteiger charge is -2.06. The lowest BCUT2D eigenvalue weighted by atomic mass is 10.2. The van der Waals surface area contributed by atoms with Crippen LogP contribution in [-0.4, -0.2) is 5.50 Å². The summed E-state index contributed by atoms with van der Waals surface area (Å²) in [6, 6.07) is 10.2. The highest BCUT2D eigenvalue weighted by Crippen LogP contribution is 2.14. The summed E-state index contributed by atoms with van der Waals surface area (Å²) in [5.41, 5.74) is 2.32. The number of benzene rings is 1. The van der Waals surface area contributed by atoms with Gasteiger partial charge in [-0.3, -0.25) is 0 Å². The first-order valence-electron chi connectivity index (χ1n) is 3.82. The molecule has 2 nitrogen and oxygen atoms in total. The van der Waals surface area contributed by atoms with E-state index in [9.17, 15) is 0 Å². The van der Waals surface area contributed by atoms with E-state index in [0.29, 0.717) is 0 Å². The molecule has 0 aliphatic carbocycles. The second kappa shape index (κ2) is 3.11. The number of hydrogen-bond donors (Lipinski definition) is 3. The molecule has 0 saturated carbocycles. The van der Waals surface area contributed by atoms with Crippen molar-refractivity contribution >= 4 is 18.3 Å². The van der Waals surface area contributed by atoms with Crippen LogP contribution in [0.3, 0.4) is 0 Å². The normalized spacial score (nSPS) is 21.1. The van der Waals surface area contributed by atoms with Crippen LogP contribution in [0.5, 0.6) is 0 Å². The molecule has 1 aliphatic rings. The van der Waals surface area contributed by atoms with Gasteiger partial charge in [0.05, 0.1) is 5.70 Å². The Labute approximate surface area is 77.1 Å². The molecular weight excluding hydrogens is 168 g/mol. The van der Waals surface area contributed by atoms with Gasteiger partial charge in [-0.25, -0.2) is 0 Å². The molecule has 0 amide bonds. The monoisotopic (exact) mass is 178 g/mol. The molecule has 62 valence electrons. The van der Waals surface area contributed by atoms with Crippen molar-refractivity contribution in [3.63, 3.8) is 0 Å². The third kappa shape index (κ3) is 1.41. The van der Waals surface area contributed by atoms with E-state index in [1.165, 1.54) is 5.56 Å². The Morgan fingerprint density at radius 3 is 2.50 bits per heavy atom. The Morgan fingerprint density at radius 1 is 1.17 bits per heavy atom. The largest absolute Gasteiger partial charge is 0.361 e. The summed E-state index contributed by atoms with van der Waals surface area (Å²) in [5, 5.41) is 6.24. The second-order valence-electron chi connectivity index (χ2n) is 2.64. The van der Waals surface area contributed by atoms with Crippen molar-refractivity contribution in [3.8, 4) is 0 Å². The van der Waals surface area contributed by atoms with E-state index in [1.807, 2.05) is 24.4 Å². The highest BCUT2D eigenvalue weighted by molar-refractivity contribution is 7.80. The molecule has 0 spiro atoms. The van der Waals surface area contributed by atoms with Crippen LogP contribution in [0.1, 0.15) is 5.56 Å². The van der Waals surface area contributed by atoms with Gasteiger partial charge in [0.25, 0.3) is 0 Å². The number of thiol groups is 1. The highest BCUT2D eigenvalue weighted by Gasteiger charge is 2.10. The molecule has 0 fully saturated rings. The zero-order valence-corrected chi connectivity index (χ0v) is 7.38. The van der Waals surface area contributed by atoms with Crippen molar-refractivity contribution in [2.24, 2.45) is 0 Å². The summed E-state index contributed by atoms with van der Waals surface area (Å²) in [4.78, 5) is 0. The van der Waals surface area contributed by atoms with E-state index in [4.69, 9.17) is 0 Å². The van der Waals surface area contributed by atoms with Gasteiger partial charge < -0.3 is 10.6 Å². The first kappa shape index (κ1) is 7.55. The first-order chi connectivity index (χ1) is 5.86. The summed E-state index contributed by atoms with van der Waals surface area (Å²) < 4.78 is 0. The summed E-state index contributed by atoms with van der Waals surface area (Å²) in [7, 11) is 0. The Morgan fingerprint density at radius 2 is 1.92 bits per heavy atom. The van der Waals surface area contributed by atoms with Crippen molar-refractivity contribution in [1.82, 2.24) is 10.6 Å². The van der Waals surface area contributed by atoms with Crippen LogP contribution >= 0.6 is 12.6 Å². The fourth-order valence-electron chi connectivity index (χ4n) is 1.18. The topological polar surface area (TPSA) is 24.1 Å². The number of rotatable bonds is 1. The summed E-state index contributed by atoms with van der Waals surface area (Å²) in [5.74, 6) is 0. The van der Waals surface area contributed by atoms with E-state index in [1.54, 1.807) is 0 Å². The van der Waals surface area contributed by atoms with Gasteiger partial charge in [-0.1, -0.05) is 30.3 Å². The van der Waals surface area contributed by atoms with Gasteiger partial charge in [0, 0.05) is 6.20 Å². The van der Waals surface area contributed by atoms with Gasteiger partial charge in [-0.2, -0.15) is 0 Å². The zero-order valence-electron chi connectivity index (χ0n) is 6.49. The average molecular weight is 178 g/mol. The van der Waals surface area contributed by atoms with Crippen LogP contribution in [0.4, 0.5) is 0 Å². The maximum absolute atomic E-state index is 4.23. The molecular formula is C9H10N2S. The standard InChI is InChI=1S/C9H10N2S/c12-9-10-6-8(11-9)7-4-2-1-3-5-7/h1-6,9-12H. The Bertz CT molecular complexity index is 295. The lowest BCUT2D eigenvalue weighted by molar-refractivity contribution is 0.784. The molecule has 1 atom stereocenters. The smallest absolute Gasteiger partial charge is 0.142 e. The average Bonchev–Trinajstić information content (AvgIpc) is 2.54. The second-order valence-corrected chi connectivity index (χ2v) is 3.15. The van der Waals surface area contributed by atoms with Crippen LogP contribution in [0.25, 0.3) is 5.70 Å². The van der Waals surface area contributed by atoms with Crippen LogP contribution in [0.15, 0.2) is 36.5 Å². The van der Waals surface area contributed by atoms with Crippen molar-refractivity contribution in [1.29, 1.82) is 0 Å². The third-order valence-electron chi connectivity index (χ3n) is 1.76. The molecule has 0 bridgehead atoms. The molecule has 2 rings (SSSR count). The van der Waals surface area contributed by atoms with E-state index in [2.05, 4.69) is 35.4 Å². The first-order valence-corrected chi connectivity index (χ1v) is 4.34. The molecule has 1 heterocycles. The van der Waals surface area contributed by atoms with Crippen LogP contribution in [0.2, 0.25) is 0 Å². The Balaban J connectivity index is 2.22. The van der Waals surface area contributed by atoms with Crippen LogP contribution < -0.4 is 10.6 Å². The SMILES string of the molecule is SC1NC=C(c2ccccc2)N1. The molecule has 1 unspecified atom stereocenters. The molecule has 1 aliphatic heterocycles. The minimum atomic E-state index is 0.0419. The fourth-order valence-corrected chi connectivity index (χ4v) is 1.39. The van der Waals surface area contributed by atoms with Crippen molar-refractivity contribution < 1.29 is 0 Å². The van der Waals surface area contributed by atoms with Crippen LogP contribution in [0, 0.1) is 0 Å². The minimum Gasteiger partial charge on any atom is -0.361 e. The maximum atomic E-state index is 4.23.